The molecule has 0 amide bonds. The first-order chi connectivity index (χ1) is 6.10. The van der Waals surface area contributed by atoms with Crippen LogP contribution >= 0.6 is 0 Å². The molecule has 13 heavy (non-hydrogen) atoms. The van der Waals surface area contributed by atoms with Crippen molar-refractivity contribution in [3.63, 3.8) is 0 Å². The Hall–Kier alpha value is -0.780. The maximum atomic E-state index is 2.27. The van der Waals surface area contributed by atoms with Gasteiger partial charge in [-0.1, -0.05) is 43.2 Å². The first kappa shape index (κ1) is 12.2. The summed E-state index contributed by atoms with van der Waals surface area (Å²) < 4.78 is 0. The van der Waals surface area contributed by atoms with Gasteiger partial charge in [0.2, 0.25) is 0 Å². The molecule has 0 unspecified atom stereocenters. The van der Waals surface area contributed by atoms with Crippen molar-refractivity contribution in [2.45, 2.75) is 47.5 Å². The Kier molecular flexibility index (Phi) is 6.30. The topological polar surface area (TPSA) is 0 Å². The normalized spacial score (nSPS) is 13.0. The second kappa shape index (κ2) is 6.71. The largest absolute Gasteiger partial charge is 0.0819 e. The Balaban J connectivity index is 4.57. The highest BCUT2D eigenvalue weighted by Gasteiger charge is 1.90. The van der Waals surface area contributed by atoms with Crippen LogP contribution in [0.5, 0.6) is 0 Å². The van der Waals surface area contributed by atoms with Crippen LogP contribution in [0.4, 0.5) is 0 Å². The molecule has 0 heteroatoms. The minimum absolute atomic E-state index is 1.11. The molecule has 0 aromatic rings. The Bertz CT molecular complexity index is 222. The van der Waals surface area contributed by atoms with Gasteiger partial charge >= 0.3 is 0 Å². The summed E-state index contributed by atoms with van der Waals surface area (Å²) in [5.41, 5.74) is 4.16. The van der Waals surface area contributed by atoms with Crippen molar-refractivity contribution < 1.29 is 0 Å². The van der Waals surface area contributed by atoms with Crippen LogP contribution in [0.2, 0.25) is 0 Å². The number of hydrogen-bond acceptors (Lipinski definition) is 0. The molecule has 0 aliphatic carbocycles. The van der Waals surface area contributed by atoms with Gasteiger partial charge in [0, 0.05) is 0 Å². The van der Waals surface area contributed by atoms with E-state index in [0.29, 0.717) is 0 Å². The lowest BCUT2D eigenvalue weighted by molar-refractivity contribution is 1.12. The molecular formula is C13H22. The van der Waals surface area contributed by atoms with E-state index in [1.165, 1.54) is 16.7 Å². The zero-order valence-electron chi connectivity index (χ0n) is 9.65. The highest BCUT2D eigenvalue weighted by atomic mass is 14.0. The fourth-order valence-corrected chi connectivity index (χ4v) is 1.29. The van der Waals surface area contributed by atoms with Crippen molar-refractivity contribution >= 4 is 0 Å². The zero-order chi connectivity index (χ0) is 10.3. The predicted molar refractivity (Wildman–Crippen MR) is 61.9 cm³/mol. The molecule has 0 nitrogen and oxygen atoms in total. The minimum atomic E-state index is 1.11. The van der Waals surface area contributed by atoms with Crippen LogP contribution in [0.25, 0.3) is 0 Å². The van der Waals surface area contributed by atoms with Gasteiger partial charge in [-0.15, -0.1) is 0 Å². The lowest BCUT2D eigenvalue weighted by Crippen LogP contribution is -1.79. The Morgan fingerprint density at radius 1 is 1.00 bits per heavy atom. The molecule has 74 valence electrons. The third-order valence-electron chi connectivity index (χ3n) is 1.82. The first-order valence-corrected chi connectivity index (χ1v) is 5.12. The van der Waals surface area contributed by atoms with Crippen LogP contribution in [0, 0.1) is 0 Å². The molecule has 0 aliphatic rings. The van der Waals surface area contributed by atoms with Gasteiger partial charge in [-0.25, -0.2) is 0 Å². The van der Waals surface area contributed by atoms with Gasteiger partial charge in [0.05, 0.1) is 0 Å². The van der Waals surface area contributed by atoms with Crippen LogP contribution < -0.4 is 0 Å². The Labute approximate surface area is 83.0 Å². The molecule has 0 bridgehead atoms. The lowest BCUT2D eigenvalue weighted by Gasteiger charge is -1.99. The van der Waals surface area contributed by atoms with E-state index in [4.69, 9.17) is 0 Å². The van der Waals surface area contributed by atoms with Crippen LogP contribution in [0.15, 0.2) is 34.9 Å². The summed E-state index contributed by atoms with van der Waals surface area (Å²) in [7, 11) is 0. The van der Waals surface area contributed by atoms with Crippen LogP contribution in [0.3, 0.4) is 0 Å². The smallest absolute Gasteiger partial charge is 0.0307 e. The molecule has 0 saturated heterocycles. The zero-order valence-corrected chi connectivity index (χ0v) is 9.65. The monoisotopic (exact) mass is 178 g/mol. The van der Waals surface area contributed by atoms with Gasteiger partial charge in [0.15, 0.2) is 0 Å². The SMILES string of the molecule is CC/C=C(C)\C=C(/C=C(C)C)CC. The fourth-order valence-electron chi connectivity index (χ4n) is 1.29. The first-order valence-electron chi connectivity index (χ1n) is 5.12. The van der Waals surface area contributed by atoms with Crippen molar-refractivity contribution in [3.05, 3.63) is 34.9 Å². The third-order valence-corrected chi connectivity index (χ3v) is 1.82. The summed E-state index contributed by atoms with van der Waals surface area (Å²) in [6.07, 6.45) is 9.02. The van der Waals surface area contributed by atoms with Crippen molar-refractivity contribution in [2.75, 3.05) is 0 Å². The van der Waals surface area contributed by atoms with Gasteiger partial charge in [-0.2, -0.15) is 0 Å². The van der Waals surface area contributed by atoms with Gasteiger partial charge in [0.25, 0.3) is 0 Å². The highest BCUT2D eigenvalue weighted by molar-refractivity contribution is 5.30. The molecule has 0 N–H and O–H groups in total. The second-order valence-corrected chi connectivity index (χ2v) is 3.65. The summed E-state index contributed by atoms with van der Waals surface area (Å²) in [6.45, 7) is 10.8. The van der Waals surface area contributed by atoms with E-state index in [1.807, 2.05) is 0 Å². The molecule has 0 aromatic carbocycles. The summed E-state index contributed by atoms with van der Waals surface area (Å²) in [6, 6.07) is 0. The van der Waals surface area contributed by atoms with Crippen molar-refractivity contribution in [2.24, 2.45) is 0 Å². The summed E-state index contributed by atoms with van der Waals surface area (Å²) in [5.74, 6) is 0. The average molecular weight is 178 g/mol. The van der Waals surface area contributed by atoms with E-state index in [-0.39, 0.29) is 0 Å². The van der Waals surface area contributed by atoms with Crippen molar-refractivity contribution in [3.8, 4) is 0 Å². The van der Waals surface area contributed by atoms with E-state index in [2.05, 4.69) is 52.8 Å². The number of hydrogen-bond donors (Lipinski definition) is 0. The second-order valence-electron chi connectivity index (χ2n) is 3.65. The molecule has 0 atom stereocenters. The van der Waals surface area contributed by atoms with Gasteiger partial charge in [0.1, 0.15) is 0 Å². The van der Waals surface area contributed by atoms with Crippen LogP contribution in [-0.4, -0.2) is 0 Å². The summed E-state index contributed by atoms with van der Waals surface area (Å²) >= 11 is 0. The molecule has 0 saturated carbocycles. The molecule has 0 aromatic heterocycles. The van der Waals surface area contributed by atoms with Gasteiger partial charge < -0.3 is 0 Å². The molecule has 0 radical (unpaired) electrons. The van der Waals surface area contributed by atoms with E-state index in [9.17, 15) is 0 Å². The summed E-state index contributed by atoms with van der Waals surface area (Å²) in [5, 5.41) is 0. The minimum Gasteiger partial charge on any atom is -0.0819 e. The lowest BCUT2D eigenvalue weighted by atomic mass is 10.1. The van der Waals surface area contributed by atoms with Gasteiger partial charge in [-0.3, -0.25) is 0 Å². The molecule has 0 heterocycles. The maximum absolute atomic E-state index is 2.27. The molecule has 0 fully saturated rings. The number of allylic oxidation sites excluding steroid dienone is 6. The fraction of sp³-hybridized carbons (Fsp3) is 0.538. The van der Waals surface area contributed by atoms with Crippen LogP contribution in [0.1, 0.15) is 47.5 Å². The quantitative estimate of drug-likeness (QED) is 0.550. The van der Waals surface area contributed by atoms with Gasteiger partial charge in [-0.05, 0) is 39.2 Å². The van der Waals surface area contributed by atoms with E-state index >= 15 is 0 Å². The van der Waals surface area contributed by atoms with E-state index in [1.54, 1.807) is 0 Å². The van der Waals surface area contributed by atoms with Crippen molar-refractivity contribution in [1.29, 1.82) is 0 Å². The summed E-state index contributed by atoms with van der Waals surface area (Å²) in [4.78, 5) is 0. The van der Waals surface area contributed by atoms with Crippen LogP contribution in [-0.2, 0) is 0 Å². The molecule has 0 rings (SSSR count). The Morgan fingerprint density at radius 2 is 1.62 bits per heavy atom. The molecule has 0 aliphatic heterocycles. The number of rotatable bonds is 4. The predicted octanol–water partition coefficient (Wildman–Crippen LogP) is 4.65. The average Bonchev–Trinajstić information content (AvgIpc) is 2.02. The molecule has 0 spiro atoms. The molecular weight excluding hydrogens is 156 g/mol. The van der Waals surface area contributed by atoms with E-state index < -0.39 is 0 Å². The Morgan fingerprint density at radius 3 is 2.00 bits per heavy atom. The third kappa shape index (κ3) is 6.39. The highest BCUT2D eigenvalue weighted by Crippen LogP contribution is 2.10. The maximum Gasteiger partial charge on any atom is -0.0307 e. The standard InChI is InChI=1S/C13H22/c1-6-8-12(5)10-13(7-2)9-11(3)4/h8-10H,6-7H2,1-5H3/b12-8-,13-10-. The van der Waals surface area contributed by atoms with E-state index in [0.717, 1.165) is 12.8 Å². The van der Waals surface area contributed by atoms with Crippen molar-refractivity contribution in [1.82, 2.24) is 0 Å².